The third-order valence-electron chi connectivity index (χ3n) is 3.08. The lowest BCUT2D eigenvalue weighted by molar-refractivity contribution is -0.148. The van der Waals surface area contributed by atoms with Crippen LogP contribution in [0.15, 0.2) is 24.3 Å². The number of rotatable bonds is 4. The second kappa shape index (κ2) is 5.53. The number of nitriles is 1. The Labute approximate surface area is 111 Å². The standard InChI is InChI=1S/C14H14N2O3/c1-9-6-11(9)14(18)19-8-13(17)16-12-5-3-2-4-10(12)7-15/h2-5,9,11H,6,8H2,1H3,(H,16,17)/t9-,11-/m1/s1. The predicted molar refractivity (Wildman–Crippen MR) is 68.0 cm³/mol. The van der Waals surface area contributed by atoms with Gasteiger partial charge in [-0.05, 0) is 24.5 Å². The molecule has 1 aliphatic carbocycles. The molecule has 2 atom stereocenters. The zero-order valence-electron chi connectivity index (χ0n) is 10.6. The first-order chi connectivity index (χ1) is 9.11. The van der Waals surface area contributed by atoms with E-state index in [1.165, 1.54) is 0 Å². The molecule has 19 heavy (non-hydrogen) atoms. The van der Waals surface area contributed by atoms with Gasteiger partial charge < -0.3 is 10.1 Å². The molecular formula is C14H14N2O3. The van der Waals surface area contributed by atoms with Gasteiger partial charge in [-0.3, -0.25) is 9.59 Å². The molecule has 0 heterocycles. The van der Waals surface area contributed by atoms with Gasteiger partial charge in [0.1, 0.15) is 6.07 Å². The maximum absolute atomic E-state index is 11.6. The minimum Gasteiger partial charge on any atom is -0.455 e. The molecule has 98 valence electrons. The fourth-order valence-corrected chi connectivity index (χ4v) is 1.77. The Kier molecular flexibility index (Phi) is 3.81. The van der Waals surface area contributed by atoms with Gasteiger partial charge in [-0.15, -0.1) is 0 Å². The first kappa shape index (κ1) is 13.1. The Balaban J connectivity index is 1.84. The molecule has 0 saturated heterocycles. The van der Waals surface area contributed by atoms with E-state index in [1.807, 2.05) is 13.0 Å². The molecule has 1 saturated carbocycles. The molecule has 1 N–H and O–H groups in total. The third-order valence-corrected chi connectivity index (χ3v) is 3.08. The summed E-state index contributed by atoms with van der Waals surface area (Å²) in [6.07, 6.45) is 0.831. The molecule has 5 nitrogen and oxygen atoms in total. The summed E-state index contributed by atoms with van der Waals surface area (Å²) in [6.45, 7) is 1.65. The maximum atomic E-state index is 11.6. The van der Waals surface area contributed by atoms with Crippen molar-refractivity contribution in [3.05, 3.63) is 29.8 Å². The van der Waals surface area contributed by atoms with Crippen LogP contribution < -0.4 is 5.32 Å². The number of amides is 1. The molecule has 1 amide bonds. The van der Waals surface area contributed by atoms with E-state index in [9.17, 15) is 9.59 Å². The average molecular weight is 258 g/mol. The monoisotopic (exact) mass is 258 g/mol. The van der Waals surface area contributed by atoms with E-state index in [2.05, 4.69) is 5.32 Å². The number of nitrogens with zero attached hydrogens (tertiary/aromatic N) is 1. The van der Waals surface area contributed by atoms with E-state index in [1.54, 1.807) is 24.3 Å². The van der Waals surface area contributed by atoms with Gasteiger partial charge in [0.2, 0.25) is 0 Å². The Morgan fingerprint density at radius 3 is 2.79 bits per heavy atom. The Morgan fingerprint density at radius 2 is 2.16 bits per heavy atom. The lowest BCUT2D eigenvalue weighted by Crippen LogP contribution is -2.22. The van der Waals surface area contributed by atoms with E-state index in [4.69, 9.17) is 10.00 Å². The summed E-state index contributed by atoms with van der Waals surface area (Å²) < 4.78 is 4.91. The normalized spacial score (nSPS) is 20.2. The van der Waals surface area contributed by atoms with Crippen molar-refractivity contribution in [3.8, 4) is 6.07 Å². The van der Waals surface area contributed by atoms with Crippen molar-refractivity contribution < 1.29 is 14.3 Å². The topological polar surface area (TPSA) is 79.2 Å². The number of para-hydroxylation sites is 1. The van der Waals surface area contributed by atoms with Gasteiger partial charge in [0.25, 0.3) is 5.91 Å². The summed E-state index contributed by atoms with van der Waals surface area (Å²) in [4.78, 5) is 23.1. The van der Waals surface area contributed by atoms with Gasteiger partial charge in [-0.2, -0.15) is 5.26 Å². The van der Waals surface area contributed by atoms with Crippen LogP contribution in [0.5, 0.6) is 0 Å². The number of benzene rings is 1. The van der Waals surface area contributed by atoms with Crippen LogP contribution in [0.4, 0.5) is 5.69 Å². The van der Waals surface area contributed by atoms with Crippen LogP contribution in [-0.4, -0.2) is 18.5 Å². The average Bonchev–Trinajstić information content (AvgIpc) is 3.14. The summed E-state index contributed by atoms with van der Waals surface area (Å²) in [5, 5.41) is 11.4. The van der Waals surface area contributed by atoms with Crippen LogP contribution in [0.25, 0.3) is 0 Å². The van der Waals surface area contributed by atoms with Crippen LogP contribution in [0.3, 0.4) is 0 Å². The van der Waals surface area contributed by atoms with Gasteiger partial charge in [0, 0.05) is 0 Å². The molecule has 0 unspecified atom stereocenters. The van der Waals surface area contributed by atoms with Gasteiger partial charge >= 0.3 is 5.97 Å². The van der Waals surface area contributed by atoms with Gasteiger partial charge in [-0.1, -0.05) is 19.1 Å². The zero-order chi connectivity index (χ0) is 13.8. The van der Waals surface area contributed by atoms with Gasteiger partial charge in [0.15, 0.2) is 6.61 Å². The highest BCUT2D eigenvalue weighted by molar-refractivity contribution is 5.94. The third kappa shape index (κ3) is 3.32. The van der Waals surface area contributed by atoms with E-state index < -0.39 is 5.91 Å². The zero-order valence-corrected chi connectivity index (χ0v) is 10.6. The fraction of sp³-hybridized carbons (Fsp3) is 0.357. The summed E-state index contributed by atoms with van der Waals surface area (Å²) in [7, 11) is 0. The summed E-state index contributed by atoms with van der Waals surface area (Å²) in [5.74, 6) is -0.463. The SMILES string of the molecule is C[C@@H]1C[C@H]1C(=O)OCC(=O)Nc1ccccc1C#N. The maximum Gasteiger partial charge on any atom is 0.309 e. The largest absolute Gasteiger partial charge is 0.455 e. The molecule has 5 heteroatoms. The molecule has 0 aromatic heterocycles. The Morgan fingerprint density at radius 1 is 1.47 bits per heavy atom. The Bertz CT molecular complexity index is 548. The quantitative estimate of drug-likeness (QED) is 0.833. The lowest BCUT2D eigenvalue weighted by atomic mass is 10.2. The molecular weight excluding hydrogens is 244 g/mol. The van der Waals surface area contributed by atoms with Crippen LogP contribution >= 0.6 is 0 Å². The van der Waals surface area contributed by atoms with Crippen LogP contribution in [0, 0.1) is 23.2 Å². The second-order valence-corrected chi connectivity index (χ2v) is 4.63. The Hall–Kier alpha value is -2.35. The molecule has 1 aliphatic rings. The van der Waals surface area contributed by atoms with Crippen molar-refractivity contribution in [3.63, 3.8) is 0 Å². The number of hydrogen-bond donors (Lipinski definition) is 1. The minimum absolute atomic E-state index is 0.0563. The van der Waals surface area contributed by atoms with Crippen molar-refractivity contribution in [2.75, 3.05) is 11.9 Å². The highest BCUT2D eigenvalue weighted by Crippen LogP contribution is 2.38. The fourth-order valence-electron chi connectivity index (χ4n) is 1.77. The summed E-state index contributed by atoms with van der Waals surface area (Å²) in [5.41, 5.74) is 0.795. The van der Waals surface area contributed by atoms with Crippen molar-refractivity contribution in [1.29, 1.82) is 5.26 Å². The molecule has 1 aromatic carbocycles. The van der Waals surface area contributed by atoms with E-state index in [0.29, 0.717) is 17.2 Å². The molecule has 0 spiro atoms. The van der Waals surface area contributed by atoms with E-state index in [-0.39, 0.29) is 18.5 Å². The first-order valence-electron chi connectivity index (χ1n) is 6.07. The number of carbonyl (C=O) groups is 2. The highest BCUT2D eigenvalue weighted by Gasteiger charge is 2.40. The number of nitrogens with one attached hydrogen (secondary N) is 1. The van der Waals surface area contributed by atoms with E-state index in [0.717, 1.165) is 6.42 Å². The van der Waals surface area contributed by atoms with Crippen molar-refractivity contribution >= 4 is 17.6 Å². The summed E-state index contributed by atoms with van der Waals surface area (Å²) >= 11 is 0. The van der Waals surface area contributed by atoms with Crippen molar-refractivity contribution in [1.82, 2.24) is 0 Å². The van der Waals surface area contributed by atoms with Crippen LogP contribution in [0.2, 0.25) is 0 Å². The first-order valence-corrected chi connectivity index (χ1v) is 6.07. The molecule has 0 radical (unpaired) electrons. The number of hydrogen-bond acceptors (Lipinski definition) is 4. The highest BCUT2D eigenvalue weighted by atomic mass is 16.5. The summed E-state index contributed by atoms with van der Waals surface area (Å²) in [6, 6.07) is 8.64. The minimum atomic E-state index is -0.440. The van der Waals surface area contributed by atoms with Crippen LogP contribution in [0.1, 0.15) is 18.9 Å². The van der Waals surface area contributed by atoms with Crippen molar-refractivity contribution in [2.45, 2.75) is 13.3 Å². The molecule has 2 rings (SSSR count). The van der Waals surface area contributed by atoms with Crippen molar-refractivity contribution in [2.24, 2.45) is 11.8 Å². The number of anilines is 1. The number of esters is 1. The molecule has 0 aliphatic heterocycles. The van der Waals surface area contributed by atoms with Crippen LogP contribution in [-0.2, 0) is 14.3 Å². The number of carbonyl (C=O) groups excluding carboxylic acids is 2. The van der Waals surface area contributed by atoms with E-state index >= 15 is 0 Å². The molecule has 0 bridgehead atoms. The number of ether oxygens (including phenoxy) is 1. The van der Waals surface area contributed by atoms with Gasteiger partial charge in [-0.25, -0.2) is 0 Å². The predicted octanol–water partition coefficient (Wildman–Crippen LogP) is 1.70. The van der Waals surface area contributed by atoms with Gasteiger partial charge in [0.05, 0.1) is 17.2 Å². The molecule has 1 aromatic rings. The second-order valence-electron chi connectivity index (χ2n) is 4.63. The molecule has 1 fully saturated rings. The lowest BCUT2D eigenvalue weighted by Gasteiger charge is -2.07. The smallest absolute Gasteiger partial charge is 0.309 e.